The Balaban J connectivity index is 1.73. The third-order valence-electron chi connectivity index (χ3n) is 3.54. The molecule has 0 spiro atoms. The molecule has 0 radical (unpaired) electrons. The molecule has 0 bridgehead atoms. The third kappa shape index (κ3) is 3.70. The molecule has 0 aliphatic carbocycles. The Morgan fingerprint density at radius 1 is 1.57 bits per heavy atom. The highest BCUT2D eigenvalue weighted by Crippen LogP contribution is 2.25. The van der Waals surface area contributed by atoms with Crippen molar-refractivity contribution in [3.05, 3.63) is 38.5 Å². The van der Waals surface area contributed by atoms with Crippen LogP contribution in [-0.2, 0) is 16.0 Å². The number of amides is 1. The monoisotopic (exact) mass is 322 g/mol. The molecule has 1 aliphatic rings. The number of carbonyl (C=O) groups is 1. The van der Waals surface area contributed by atoms with Crippen LogP contribution in [-0.4, -0.2) is 24.1 Å². The SMILES string of the molecule is Cc1csc([C@@H](Cc2cccs2)NC(=O)[C@@H]2CCOC2)n1. The fourth-order valence-corrected chi connectivity index (χ4v) is 3.99. The Labute approximate surface area is 132 Å². The van der Waals surface area contributed by atoms with Gasteiger partial charge in [0.05, 0.1) is 18.6 Å². The first-order chi connectivity index (χ1) is 10.2. The van der Waals surface area contributed by atoms with Crippen LogP contribution in [0.25, 0.3) is 0 Å². The number of hydrogen-bond donors (Lipinski definition) is 1. The van der Waals surface area contributed by atoms with Gasteiger partial charge in [-0.25, -0.2) is 4.98 Å². The largest absolute Gasteiger partial charge is 0.381 e. The lowest BCUT2D eigenvalue weighted by molar-refractivity contribution is -0.125. The topological polar surface area (TPSA) is 51.2 Å². The summed E-state index contributed by atoms with van der Waals surface area (Å²) in [6.07, 6.45) is 1.61. The summed E-state index contributed by atoms with van der Waals surface area (Å²) >= 11 is 3.32. The number of thiophene rings is 1. The number of hydrogen-bond acceptors (Lipinski definition) is 5. The van der Waals surface area contributed by atoms with Crippen LogP contribution in [0, 0.1) is 12.8 Å². The number of thiazole rings is 1. The second-order valence-electron chi connectivity index (χ2n) is 5.23. The Kier molecular flexibility index (Phi) is 4.67. The van der Waals surface area contributed by atoms with E-state index in [1.807, 2.05) is 18.4 Å². The van der Waals surface area contributed by atoms with E-state index in [9.17, 15) is 4.79 Å². The number of nitrogens with one attached hydrogen (secondary N) is 1. The first kappa shape index (κ1) is 14.7. The van der Waals surface area contributed by atoms with Crippen LogP contribution in [0.5, 0.6) is 0 Å². The van der Waals surface area contributed by atoms with Crippen LogP contribution in [0.15, 0.2) is 22.9 Å². The lowest BCUT2D eigenvalue weighted by Crippen LogP contribution is -2.35. The molecule has 21 heavy (non-hydrogen) atoms. The molecule has 1 amide bonds. The Hall–Kier alpha value is -1.24. The summed E-state index contributed by atoms with van der Waals surface area (Å²) in [4.78, 5) is 18.2. The van der Waals surface area contributed by atoms with Gasteiger partial charge in [-0.15, -0.1) is 22.7 Å². The van der Waals surface area contributed by atoms with E-state index in [0.29, 0.717) is 13.2 Å². The molecular formula is C15H18N2O2S2. The molecule has 2 aromatic heterocycles. The summed E-state index contributed by atoms with van der Waals surface area (Å²) in [6, 6.07) is 4.09. The quantitative estimate of drug-likeness (QED) is 0.921. The van der Waals surface area contributed by atoms with Crippen LogP contribution in [0.1, 0.15) is 28.0 Å². The number of ether oxygens (including phenoxy) is 1. The van der Waals surface area contributed by atoms with Crippen molar-refractivity contribution in [2.45, 2.75) is 25.8 Å². The zero-order valence-electron chi connectivity index (χ0n) is 11.9. The second-order valence-corrected chi connectivity index (χ2v) is 7.15. The molecule has 6 heteroatoms. The molecule has 0 unspecified atom stereocenters. The summed E-state index contributed by atoms with van der Waals surface area (Å²) in [7, 11) is 0. The van der Waals surface area contributed by atoms with Gasteiger partial charge >= 0.3 is 0 Å². The van der Waals surface area contributed by atoms with Gasteiger partial charge in [0.25, 0.3) is 0 Å². The van der Waals surface area contributed by atoms with E-state index < -0.39 is 0 Å². The maximum atomic E-state index is 12.4. The van der Waals surface area contributed by atoms with E-state index >= 15 is 0 Å². The van der Waals surface area contributed by atoms with Crippen molar-refractivity contribution in [1.29, 1.82) is 0 Å². The van der Waals surface area contributed by atoms with E-state index in [1.54, 1.807) is 22.7 Å². The van der Waals surface area contributed by atoms with E-state index in [2.05, 4.69) is 21.7 Å². The van der Waals surface area contributed by atoms with Gasteiger partial charge in [-0.05, 0) is 24.8 Å². The van der Waals surface area contributed by atoms with Gasteiger partial charge in [0.15, 0.2) is 0 Å². The Morgan fingerprint density at radius 2 is 2.48 bits per heavy atom. The second kappa shape index (κ2) is 6.68. The average Bonchev–Trinajstić information content (AvgIpc) is 3.20. The lowest BCUT2D eigenvalue weighted by atomic mass is 10.1. The number of nitrogens with zero attached hydrogens (tertiary/aromatic N) is 1. The van der Waals surface area contributed by atoms with Crippen molar-refractivity contribution in [3.63, 3.8) is 0 Å². The maximum Gasteiger partial charge on any atom is 0.226 e. The summed E-state index contributed by atoms with van der Waals surface area (Å²) in [6.45, 7) is 3.20. The fourth-order valence-electron chi connectivity index (χ4n) is 2.39. The molecule has 0 saturated carbocycles. The molecular weight excluding hydrogens is 304 g/mol. The van der Waals surface area contributed by atoms with Crippen LogP contribution in [0.4, 0.5) is 0 Å². The van der Waals surface area contributed by atoms with Crippen molar-refractivity contribution in [2.75, 3.05) is 13.2 Å². The van der Waals surface area contributed by atoms with Crippen molar-refractivity contribution >= 4 is 28.6 Å². The standard InChI is InChI=1S/C15H18N2O2S2/c1-10-9-21-15(16-10)13(7-12-3-2-6-20-12)17-14(18)11-4-5-19-8-11/h2-3,6,9,11,13H,4-5,7-8H2,1H3,(H,17,18)/t11-,13-/m1/s1. The van der Waals surface area contributed by atoms with Crippen LogP contribution in [0.3, 0.4) is 0 Å². The predicted molar refractivity (Wildman–Crippen MR) is 84.7 cm³/mol. The zero-order chi connectivity index (χ0) is 14.7. The van der Waals surface area contributed by atoms with Gasteiger partial charge in [-0.2, -0.15) is 0 Å². The predicted octanol–water partition coefficient (Wildman–Crippen LogP) is 2.95. The zero-order valence-corrected chi connectivity index (χ0v) is 13.5. The molecule has 3 rings (SSSR count). The van der Waals surface area contributed by atoms with Gasteiger partial charge in [-0.1, -0.05) is 6.07 Å². The molecule has 1 N–H and O–H groups in total. The van der Waals surface area contributed by atoms with E-state index in [1.165, 1.54) is 4.88 Å². The highest BCUT2D eigenvalue weighted by molar-refractivity contribution is 7.10. The van der Waals surface area contributed by atoms with Gasteiger partial charge in [0.1, 0.15) is 5.01 Å². The molecule has 3 heterocycles. The first-order valence-electron chi connectivity index (χ1n) is 7.05. The molecule has 0 aromatic carbocycles. The minimum Gasteiger partial charge on any atom is -0.381 e. The molecule has 112 valence electrons. The van der Waals surface area contributed by atoms with Gasteiger partial charge in [-0.3, -0.25) is 4.79 Å². The normalized spacial score (nSPS) is 19.6. The molecule has 1 saturated heterocycles. The summed E-state index contributed by atoms with van der Waals surface area (Å²) in [5.74, 6) is 0.0683. The van der Waals surface area contributed by atoms with Crippen molar-refractivity contribution in [1.82, 2.24) is 10.3 Å². The number of carbonyl (C=O) groups excluding carboxylic acids is 1. The smallest absolute Gasteiger partial charge is 0.226 e. The van der Waals surface area contributed by atoms with Crippen LogP contribution in [0.2, 0.25) is 0 Å². The van der Waals surface area contributed by atoms with Gasteiger partial charge < -0.3 is 10.1 Å². The number of aromatic nitrogens is 1. The Bertz CT molecular complexity index is 589. The maximum absolute atomic E-state index is 12.4. The number of aryl methyl sites for hydroxylation is 1. The molecule has 1 fully saturated rings. The van der Waals surface area contributed by atoms with Crippen molar-refractivity contribution < 1.29 is 9.53 Å². The fraction of sp³-hybridized carbons (Fsp3) is 0.467. The highest BCUT2D eigenvalue weighted by Gasteiger charge is 2.27. The minimum absolute atomic E-state index is 0.0168. The van der Waals surface area contributed by atoms with Crippen LogP contribution < -0.4 is 5.32 Å². The van der Waals surface area contributed by atoms with Gasteiger partial charge in [0, 0.05) is 29.0 Å². The van der Waals surface area contributed by atoms with E-state index in [-0.39, 0.29) is 17.9 Å². The third-order valence-corrected chi connectivity index (χ3v) is 5.51. The van der Waals surface area contributed by atoms with E-state index in [0.717, 1.165) is 23.5 Å². The molecule has 2 atom stereocenters. The van der Waals surface area contributed by atoms with Crippen molar-refractivity contribution in [2.24, 2.45) is 5.92 Å². The highest BCUT2D eigenvalue weighted by atomic mass is 32.1. The van der Waals surface area contributed by atoms with Crippen molar-refractivity contribution in [3.8, 4) is 0 Å². The Morgan fingerprint density at radius 3 is 3.10 bits per heavy atom. The average molecular weight is 322 g/mol. The molecule has 4 nitrogen and oxygen atoms in total. The molecule has 1 aliphatic heterocycles. The van der Waals surface area contributed by atoms with E-state index in [4.69, 9.17) is 4.74 Å². The minimum atomic E-state index is -0.0459. The summed E-state index contributed by atoms with van der Waals surface area (Å²) in [5.41, 5.74) is 1.00. The van der Waals surface area contributed by atoms with Crippen LogP contribution >= 0.6 is 22.7 Å². The summed E-state index contributed by atoms with van der Waals surface area (Å²) < 4.78 is 5.30. The molecule has 2 aromatic rings. The lowest BCUT2D eigenvalue weighted by Gasteiger charge is -2.18. The number of rotatable bonds is 5. The summed E-state index contributed by atoms with van der Waals surface area (Å²) in [5, 5.41) is 8.23. The van der Waals surface area contributed by atoms with Gasteiger partial charge in [0.2, 0.25) is 5.91 Å². The first-order valence-corrected chi connectivity index (χ1v) is 8.81.